The zero-order chi connectivity index (χ0) is 26.1. The molecule has 10 heteroatoms. The highest BCUT2D eigenvalue weighted by Gasteiger charge is 2.44. The molecule has 2 aromatic carbocycles. The molecule has 4 aromatic rings. The molecule has 170 valence electrons. The number of fused-ring (bicyclic) bond motifs is 9. The van der Waals surface area contributed by atoms with Crippen LogP contribution in [-0.4, -0.2) is 44.1 Å². The molecule has 2 atom stereocenters. The van der Waals surface area contributed by atoms with Crippen molar-refractivity contribution in [2.45, 2.75) is 32.0 Å². The summed E-state index contributed by atoms with van der Waals surface area (Å²) in [6, 6.07) is 7.81. The Morgan fingerprint density at radius 2 is 2.12 bits per heavy atom. The Morgan fingerprint density at radius 3 is 2.88 bits per heavy atom. The minimum atomic E-state index is -3.13. The van der Waals surface area contributed by atoms with Gasteiger partial charge in [-0.15, -0.1) is 5.10 Å². The molecule has 2 aliphatic rings. The van der Waals surface area contributed by atoms with Crippen LogP contribution in [0.1, 0.15) is 61.7 Å². The van der Waals surface area contributed by atoms with E-state index in [0.717, 1.165) is 4.90 Å². The molecule has 0 saturated carbocycles. The number of carbonyl (C=O) groups is 1. The second-order valence-corrected chi connectivity index (χ2v) is 7.96. The number of aryl methyl sites for hydroxylation is 1. The van der Waals surface area contributed by atoms with E-state index in [2.05, 4.69) is 27.0 Å². The molecule has 0 spiro atoms. The molecule has 0 unspecified atom stereocenters. The lowest BCUT2D eigenvalue weighted by Crippen LogP contribution is -2.30. The topological polar surface area (TPSA) is 86.3 Å². The zero-order valence-electron chi connectivity index (χ0n) is 20.6. The summed E-state index contributed by atoms with van der Waals surface area (Å²) in [7, 11) is 0. The monoisotopic (exact) mass is 464 g/mol. The molecule has 0 N–H and O–H groups in total. The van der Waals surface area contributed by atoms with Gasteiger partial charge in [0.15, 0.2) is 0 Å². The highest BCUT2D eigenvalue weighted by Crippen LogP contribution is 2.49. The molecule has 0 radical (unpaired) electrons. The summed E-state index contributed by atoms with van der Waals surface area (Å²) in [6.07, 6.45) is 0.135. The largest absolute Gasteiger partial charge is 0.434 e. The molecule has 8 nitrogen and oxygen atoms in total. The molecule has 6 rings (SSSR count). The number of carbonyl (C=O) groups excluding carboxylic acids is 1. The average Bonchev–Trinajstić information content (AvgIpc) is 3.48. The van der Waals surface area contributed by atoms with Gasteiger partial charge in [0.05, 0.1) is 23.1 Å². The third kappa shape index (κ3) is 3.04. The SMILES string of the molecule is [2H]C([2H])([2H])N1C(=O)c2cccc(OC(F)F)c2[C@H]2C[C@@H]1c1nc3ccc(C#Cc4nnc(C)o4)cc3n12. The molecule has 2 aliphatic heterocycles. The van der Waals surface area contributed by atoms with Crippen LogP contribution >= 0.6 is 0 Å². The number of alkyl halides is 2. The Labute approximate surface area is 196 Å². The van der Waals surface area contributed by atoms with Gasteiger partial charge in [-0.1, -0.05) is 17.1 Å². The van der Waals surface area contributed by atoms with Gasteiger partial charge in [-0.05, 0) is 36.3 Å². The lowest BCUT2D eigenvalue weighted by atomic mass is 9.97. The van der Waals surface area contributed by atoms with Crippen molar-refractivity contribution in [3.63, 3.8) is 0 Å². The number of benzene rings is 2. The van der Waals surface area contributed by atoms with Gasteiger partial charge in [-0.3, -0.25) is 4.79 Å². The van der Waals surface area contributed by atoms with E-state index in [1.54, 1.807) is 29.7 Å². The second kappa shape index (κ2) is 7.38. The number of halogens is 2. The van der Waals surface area contributed by atoms with Crippen LogP contribution < -0.4 is 4.74 Å². The third-order valence-corrected chi connectivity index (χ3v) is 5.99. The molecular formula is C24H17F2N5O3. The Kier molecular flexibility index (Phi) is 3.74. The zero-order valence-corrected chi connectivity index (χ0v) is 17.6. The van der Waals surface area contributed by atoms with Gasteiger partial charge < -0.3 is 18.6 Å². The predicted octanol–water partition coefficient (Wildman–Crippen LogP) is 3.85. The maximum absolute atomic E-state index is 13.5. The van der Waals surface area contributed by atoms with E-state index in [-0.39, 0.29) is 29.2 Å². The summed E-state index contributed by atoms with van der Waals surface area (Å²) in [4.78, 5) is 18.9. The molecule has 2 bridgehead atoms. The predicted molar refractivity (Wildman–Crippen MR) is 115 cm³/mol. The van der Waals surface area contributed by atoms with Gasteiger partial charge in [0, 0.05) is 41.1 Å². The molecule has 0 fully saturated rings. The lowest BCUT2D eigenvalue weighted by Gasteiger charge is -2.24. The molecule has 2 aromatic heterocycles. The molecule has 4 heterocycles. The Bertz CT molecular complexity index is 1640. The molecule has 0 aliphatic carbocycles. The fourth-order valence-corrected chi connectivity index (χ4v) is 4.66. The van der Waals surface area contributed by atoms with Crippen LogP contribution in [0.25, 0.3) is 11.0 Å². The van der Waals surface area contributed by atoms with Gasteiger partial charge >= 0.3 is 6.61 Å². The van der Waals surface area contributed by atoms with E-state index in [0.29, 0.717) is 28.3 Å². The summed E-state index contributed by atoms with van der Waals surface area (Å²) in [5.74, 6) is 5.64. The smallest absolute Gasteiger partial charge is 0.387 e. The first-order chi connectivity index (χ1) is 17.6. The normalized spacial score (nSPS) is 20.2. The standard InChI is InChI=1S/C24H17F2N5O3/c1-12-28-29-20(33-12)9-7-13-6-8-15-16(10-13)31-17-11-18(22(31)27-15)30(2)23(32)14-4-3-5-19(21(14)17)34-24(25)26/h3-6,8,10,17-18,24H,11H2,1-2H3/t17-,18-/m1/s1/i2D3. The molecular weight excluding hydrogens is 444 g/mol. The summed E-state index contributed by atoms with van der Waals surface area (Å²) in [5, 5.41) is 7.59. The lowest BCUT2D eigenvalue weighted by molar-refractivity contribution is -0.0507. The highest BCUT2D eigenvalue weighted by molar-refractivity contribution is 5.97. The van der Waals surface area contributed by atoms with Gasteiger partial charge in [0.25, 0.3) is 11.8 Å². The fraction of sp³-hybridized carbons (Fsp3) is 0.250. The number of nitrogens with zero attached hydrogens (tertiary/aromatic N) is 5. The summed E-state index contributed by atoms with van der Waals surface area (Å²) >= 11 is 0. The van der Waals surface area contributed by atoms with E-state index in [1.165, 1.54) is 18.2 Å². The summed E-state index contributed by atoms with van der Waals surface area (Å²) in [5.41, 5.74) is 1.93. The maximum atomic E-state index is 13.5. The van der Waals surface area contributed by atoms with Crippen molar-refractivity contribution in [1.29, 1.82) is 0 Å². The van der Waals surface area contributed by atoms with Crippen LogP contribution in [0.3, 0.4) is 0 Å². The van der Waals surface area contributed by atoms with Crippen LogP contribution in [0.5, 0.6) is 5.75 Å². The van der Waals surface area contributed by atoms with Crippen molar-refractivity contribution in [2.24, 2.45) is 0 Å². The minimum absolute atomic E-state index is 0.00279. The molecule has 34 heavy (non-hydrogen) atoms. The van der Waals surface area contributed by atoms with Crippen molar-refractivity contribution in [3.05, 3.63) is 70.7 Å². The van der Waals surface area contributed by atoms with Gasteiger partial charge in [-0.25, -0.2) is 4.98 Å². The van der Waals surface area contributed by atoms with Crippen molar-refractivity contribution < 1.29 is 26.8 Å². The second-order valence-electron chi connectivity index (χ2n) is 7.96. The number of hydrogen-bond donors (Lipinski definition) is 0. The number of amides is 1. The van der Waals surface area contributed by atoms with Gasteiger partial charge in [-0.2, -0.15) is 8.78 Å². The van der Waals surface area contributed by atoms with E-state index in [9.17, 15) is 13.6 Å². The molecule has 0 saturated heterocycles. The Balaban J connectivity index is 1.57. The van der Waals surface area contributed by atoms with Crippen LogP contribution in [-0.2, 0) is 0 Å². The Morgan fingerprint density at radius 1 is 1.24 bits per heavy atom. The van der Waals surface area contributed by atoms with Crippen molar-refractivity contribution in [3.8, 4) is 17.6 Å². The summed E-state index contributed by atoms with van der Waals surface area (Å²) in [6.45, 7) is -4.27. The number of aromatic nitrogens is 4. The van der Waals surface area contributed by atoms with Crippen molar-refractivity contribution in [1.82, 2.24) is 24.6 Å². The van der Waals surface area contributed by atoms with Crippen LogP contribution in [0.2, 0.25) is 0 Å². The van der Waals surface area contributed by atoms with E-state index in [1.807, 2.05) is 0 Å². The van der Waals surface area contributed by atoms with Gasteiger partial charge in [0.2, 0.25) is 5.89 Å². The maximum Gasteiger partial charge on any atom is 0.387 e. The number of rotatable bonds is 2. The Hall–Kier alpha value is -4.26. The van der Waals surface area contributed by atoms with E-state index in [4.69, 9.17) is 13.3 Å². The first-order valence-electron chi connectivity index (χ1n) is 11.9. The van der Waals surface area contributed by atoms with Crippen LogP contribution in [0.4, 0.5) is 8.78 Å². The average molecular weight is 464 g/mol. The quantitative estimate of drug-likeness (QED) is 0.419. The van der Waals surface area contributed by atoms with E-state index >= 15 is 0 Å². The van der Waals surface area contributed by atoms with Crippen LogP contribution in [0.15, 0.2) is 40.8 Å². The number of ether oxygens (including phenoxy) is 1. The summed E-state index contributed by atoms with van der Waals surface area (Å²) < 4.78 is 62.7. The minimum Gasteiger partial charge on any atom is -0.434 e. The number of imidazole rings is 1. The third-order valence-electron chi connectivity index (χ3n) is 5.99. The van der Waals surface area contributed by atoms with E-state index < -0.39 is 31.6 Å². The van der Waals surface area contributed by atoms with Crippen molar-refractivity contribution >= 4 is 16.9 Å². The highest BCUT2D eigenvalue weighted by atomic mass is 19.3. The van der Waals surface area contributed by atoms with Crippen LogP contribution in [0, 0.1) is 18.8 Å². The van der Waals surface area contributed by atoms with Gasteiger partial charge in [0.1, 0.15) is 11.6 Å². The first-order valence-corrected chi connectivity index (χ1v) is 10.4. The number of hydrogen-bond acceptors (Lipinski definition) is 6. The molecule has 1 amide bonds. The first kappa shape index (κ1) is 17.2. The fourth-order valence-electron chi connectivity index (χ4n) is 4.66. The van der Waals surface area contributed by atoms with Crippen molar-refractivity contribution in [2.75, 3.05) is 6.98 Å².